The molecule has 108 valence electrons. The number of carbonyl (C=O) groups is 2. The fourth-order valence-electron chi connectivity index (χ4n) is 3.20. The maximum absolute atomic E-state index is 12.8. The number of thiophene rings is 1. The molecule has 0 aromatic carbocycles. The highest BCUT2D eigenvalue weighted by atomic mass is 32.1. The molecular weight excluding hydrogens is 272 g/mol. The minimum Gasteiger partial charge on any atom is -0.339 e. The number of piperidine rings is 1. The predicted molar refractivity (Wildman–Crippen MR) is 80.4 cm³/mol. The number of hydrogen-bond acceptors (Lipinski definition) is 3. The molecule has 1 saturated heterocycles. The number of amides is 2. The molecule has 0 unspecified atom stereocenters. The van der Waals surface area contributed by atoms with Crippen molar-refractivity contribution in [1.82, 2.24) is 4.90 Å². The van der Waals surface area contributed by atoms with Crippen molar-refractivity contribution in [1.29, 1.82) is 0 Å². The van der Waals surface area contributed by atoms with Crippen LogP contribution >= 0.6 is 11.3 Å². The molecule has 1 aliphatic heterocycles. The molecule has 1 aromatic heterocycles. The Labute approximate surface area is 123 Å². The summed E-state index contributed by atoms with van der Waals surface area (Å²) in [5.41, 5.74) is 1.97. The van der Waals surface area contributed by atoms with Gasteiger partial charge in [-0.3, -0.25) is 9.59 Å². The van der Waals surface area contributed by atoms with Gasteiger partial charge in [0.1, 0.15) is 5.00 Å². The summed E-state index contributed by atoms with van der Waals surface area (Å²) < 4.78 is 0. The van der Waals surface area contributed by atoms with Gasteiger partial charge in [0, 0.05) is 18.0 Å². The number of nitrogens with one attached hydrogen (secondary N) is 1. The molecule has 2 heterocycles. The number of likely N-dealkylation sites (tertiary alicyclic amines) is 1. The Morgan fingerprint density at radius 1 is 1.10 bits per heavy atom. The summed E-state index contributed by atoms with van der Waals surface area (Å²) in [4.78, 5) is 26.9. The first-order valence-corrected chi connectivity index (χ1v) is 8.27. The monoisotopic (exact) mass is 292 g/mol. The fourth-order valence-corrected chi connectivity index (χ4v) is 4.44. The number of nitrogens with zero attached hydrogens (tertiary/aromatic N) is 1. The van der Waals surface area contributed by atoms with E-state index in [-0.39, 0.29) is 5.91 Å². The normalized spacial score (nSPS) is 18.5. The number of rotatable bonds is 3. The summed E-state index contributed by atoms with van der Waals surface area (Å²) in [5, 5.41) is 3.50. The van der Waals surface area contributed by atoms with Crippen molar-refractivity contribution in [2.75, 3.05) is 18.4 Å². The van der Waals surface area contributed by atoms with Gasteiger partial charge in [-0.05, 0) is 50.5 Å². The molecule has 0 spiro atoms. The zero-order valence-electron chi connectivity index (χ0n) is 11.6. The first-order chi connectivity index (χ1) is 9.81. The SMILES string of the molecule is O=CNc1sc2c(c1C(=O)N1CCCCC1)CCCC2. The summed E-state index contributed by atoms with van der Waals surface area (Å²) in [6, 6.07) is 0. The Kier molecular flexibility index (Phi) is 4.05. The predicted octanol–water partition coefficient (Wildman–Crippen LogP) is 2.82. The summed E-state index contributed by atoms with van der Waals surface area (Å²) in [6.07, 6.45) is 8.43. The van der Waals surface area contributed by atoms with Crippen molar-refractivity contribution < 1.29 is 9.59 Å². The quantitative estimate of drug-likeness (QED) is 0.871. The minimum absolute atomic E-state index is 0.119. The smallest absolute Gasteiger partial charge is 0.257 e. The summed E-state index contributed by atoms with van der Waals surface area (Å²) >= 11 is 1.59. The highest BCUT2D eigenvalue weighted by Gasteiger charge is 2.28. The van der Waals surface area contributed by atoms with Gasteiger partial charge < -0.3 is 10.2 Å². The van der Waals surface area contributed by atoms with Crippen LogP contribution in [-0.4, -0.2) is 30.3 Å². The first kappa shape index (κ1) is 13.6. The third-order valence-corrected chi connectivity index (χ3v) is 5.44. The van der Waals surface area contributed by atoms with Gasteiger partial charge in [0.2, 0.25) is 6.41 Å². The standard InChI is InChI=1S/C15H20N2O2S/c18-10-16-14-13(11-6-2-3-7-12(11)20-14)15(19)17-8-4-1-5-9-17/h10H,1-9H2,(H,16,18). The zero-order chi connectivity index (χ0) is 13.9. The highest BCUT2D eigenvalue weighted by molar-refractivity contribution is 7.16. The minimum atomic E-state index is 0.119. The van der Waals surface area contributed by atoms with Crippen LogP contribution in [0.3, 0.4) is 0 Å². The number of fused-ring (bicyclic) bond motifs is 1. The number of carbonyl (C=O) groups excluding carboxylic acids is 2. The molecule has 0 radical (unpaired) electrons. The Hall–Kier alpha value is -1.36. The largest absolute Gasteiger partial charge is 0.339 e. The van der Waals surface area contributed by atoms with Gasteiger partial charge in [-0.25, -0.2) is 0 Å². The second-order valence-electron chi connectivity index (χ2n) is 5.53. The van der Waals surface area contributed by atoms with Crippen molar-refractivity contribution >= 4 is 28.7 Å². The zero-order valence-corrected chi connectivity index (χ0v) is 12.4. The molecule has 5 heteroatoms. The second kappa shape index (κ2) is 5.95. The van der Waals surface area contributed by atoms with E-state index in [1.54, 1.807) is 11.3 Å². The van der Waals surface area contributed by atoms with Crippen LogP contribution in [-0.2, 0) is 17.6 Å². The first-order valence-electron chi connectivity index (χ1n) is 7.45. The third kappa shape index (κ3) is 2.46. The molecule has 2 amide bonds. The van der Waals surface area contributed by atoms with Gasteiger partial charge in [-0.1, -0.05) is 0 Å². The molecule has 1 aliphatic carbocycles. The maximum Gasteiger partial charge on any atom is 0.257 e. The van der Waals surface area contributed by atoms with Crippen LogP contribution in [0.1, 0.15) is 52.9 Å². The molecule has 3 rings (SSSR count). The second-order valence-corrected chi connectivity index (χ2v) is 6.64. The topological polar surface area (TPSA) is 49.4 Å². The van der Waals surface area contributed by atoms with Crippen molar-refractivity contribution in [3.63, 3.8) is 0 Å². The third-order valence-electron chi connectivity index (χ3n) is 4.22. The van der Waals surface area contributed by atoms with Gasteiger partial charge in [0.05, 0.1) is 5.56 Å². The number of aryl methyl sites for hydroxylation is 1. The van der Waals surface area contributed by atoms with Crippen molar-refractivity contribution in [3.8, 4) is 0 Å². The van der Waals surface area contributed by atoms with Crippen LogP contribution < -0.4 is 5.32 Å². The highest BCUT2D eigenvalue weighted by Crippen LogP contribution is 2.38. The van der Waals surface area contributed by atoms with E-state index in [0.29, 0.717) is 6.41 Å². The summed E-state index contributed by atoms with van der Waals surface area (Å²) in [6.45, 7) is 1.70. The fraction of sp³-hybridized carbons (Fsp3) is 0.600. The summed E-state index contributed by atoms with van der Waals surface area (Å²) in [7, 11) is 0. The lowest BCUT2D eigenvalue weighted by Gasteiger charge is -2.27. The number of hydrogen-bond donors (Lipinski definition) is 1. The molecule has 4 nitrogen and oxygen atoms in total. The van der Waals surface area contributed by atoms with Gasteiger partial charge in [-0.2, -0.15) is 0 Å². The van der Waals surface area contributed by atoms with Crippen LogP contribution in [0.4, 0.5) is 5.00 Å². The molecule has 0 bridgehead atoms. The van der Waals surface area contributed by atoms with Crippen molar-refractivity contribution in [2.45, 2.75) is 44.9 Å². The molecule has 2 aliphatic rings. The molecule has 1 aromatic rings. The van der Waals surface area contributed by atoms with Gasteiger partial charge in [-0.15, -0.1) is 11.3 Å². The lowest BCUT2D eigenvalue weighted by atomic mass is 9.94. The Bertz CT molecular complexity index is 518. The van der Waals surface area contributed by atoms with Crippen LogP contribution in [0.2, 0.25) is 0 Å². The molecule has 20 heavy (non-hydrogen) atoms. The van der Waals surface area contributed by atoms with E-state index >= 15 is 0 Å². The molecule has 0 saturated carbocycles. The van der Waals surface area contributed by atoms with Gasteiger partial charge >= 0.3 is 0 Å². The van der Waals surface area contributed by atoms with Crippen LogP contribution in [0, 0.1) is 0 Å². The average molecular weight is 292 g/mol. The van der Waals surface area contributed by atoms with Crippen LogP contribution in [0.25, 0.3) is 0 Å². The van der Waals surface area contributed by atoms with E-state index < -0.39 is 0 Å². The Morgan fingerprint density at radius 3 is 2.60 bits per heavy atom. The van der Waals surface area contributed by atoms with E-state index in [1.165, 1.54) is 23.3 Å². The Balaban J connectivity index is 1.95. The molecule has 0 atom stereocenters. The lowest BCUT2D eigenvalue weighted by molar-refractivity contribution is -0.105. The van der Waals surface area contributed by atoms with Crippen LogP contribution in [0.15, 0.2) is 0 Å². The van der Waals surface area contributed by atoms with Crippen molar-refractivity contribution in [3.05, 3.63) is 16.0 Å². The average Bonchev–Trinajstić information content (AvgIpc) is 2.86. The lowest BCUT2D eigenvalue weighted by Crippen LogP contribution is -2.36. The number of anilines is 1. The van der Waals surface area contributed by atoms with E-state index in [1.807, 2.05) is 4.90 Å². The Morgan fingerprint density at radius 2 is 1.85 bits per heavy atom. The van der Waals surface area contributed by atoms with E-state index in [2.05, 4.69) is 5.32 Å². The summed E-state index contributed by atoms with van der Waals surface area (Å²) in [5.74, 6) is 0.119. The molecule has 1 N–H and O–H groups in total. The van der Waals surface area contributed by atoms with Crippen molar-refractivity contribution in [2.24, 2.45) is 0 Å². The van der Waals surface area contributed by atoms with E-state index in [0.717, 1.165) is 55.8 Å². The van der Waals surface area contributed by atoms with E-state index in [9.17, 15) is 9.59 Å². The van der Waals surface area contributed by atoms with Gasteiger partial charge in [0.15, 0.2) is 0 Å². The maximum atomic E-state index is 12.8. The molecular formula is C15H20N2O2S. The van der Waals surface area contributed by atoms with Gasteiger partial charge in [0.25, 0.3) is 5.91 Å². The van der Waals surface area contributed by atoms with E-state index in [4.69, 9.17) is 0 Å². The molecule has 1 fully saturated rings. The van der Waals surface area contributed by atoms with Crippen LogP contribution in [0.5, 0.6) is 0 Å².